The molecule has 3 N–H and O–H groups in total. The maximum Gasteiger partial charge on any atom is 0.0701 e. The van der Waals surface area contributed by atoms with E-state index < -0.39 is 0 Å². The van der Waals surface area contributed by atoms with Gasteiger partial charge in [-0.25, -0.2) is 0 Å². The Kier molecular flexibility index (Phi) is 35.0. The largest absolute Gasteiger partial charge is 0.394 e. The van der Waals surface area contributed by atoms with E-state index in [1.807, 2.05) is 0 Å². The highest BCUT2D eigenvalue weighted by Gasteiger charge is 1.95. The molecule has 0 aliphatic heterocycles. The maximum atomic E-state index is 8.56. The van der Waals surface area contributed by atoms with Crippen molar-refractivity contribution in [2.75, 3.05) is 158 Å². The minimum atomic E-state index is 0.0270. The van der Waals surface area contributed by atoms with E-state index in [0.29, 0.717) is 132 Å². The first-order valence-electron chi connectivity index (χ1n) is 13.1. The molecule has 0 aromatic carbocycles. The van der Waals surface area contributed by atoms with Gasteiger partial charge in [0.05, 0.1) is 145 Å². The minimum absolute atomic E-state index is 0.0270. The van der Waals surface area contributed by atoms with E-state index in [-0.39, 0.29) is 13.2 Å². The van der Waals surface area contributed by atoms with Crippen molar-refractivity contribution < 1.29 is 57.6 Å². The molecule has 0 saturated carbocycles. The molecule has 0 aromatic heterocycles. The number of hydrogen-bond donors (Lipinski definition) is 3. The molecule has 13 heteroatoms. The second kappa shape index (κ2) is 35.5. The summed E-state index contributed by atoms with van der Waals surface area (Å²) in [7, 11) is 0. The molecule has 0 fully saturated rings. The van der Waals surface area contributed by atoms with E-state index in [2.05, 4.69) is 5.32 Å². The molecule has 37 heavy (non-hydrogen) atoms. The monoisotopic (exact) mass is 545 g/mol. The first-order valence-corrected chi connectivity index (χ1v) is 13.1. The van der Waals surface area contributed by atoms with Crippen molar-refractivity contribution in [3.05, 3.63) is 0 Å². The molecule has 224 valence electrons. The molecule has 0 amide bonds. The van der Waals surface area contributed by atoms with E-state index >= 15 is 0 Å². The highest BCUT2D eigenvalue weighted by atomic mass is 16.6. The van der Waals surface area contributed by atoms with Crippen LogP contribution >= 0.6 is 0 Å². The van der Waals surface area contributed by atoms with Gasteiger partial charge in [0.25, 0.3) is 0 Å². The lowest BCUT2D eigenvalue weighted by Crippen LogP contribution is -2.25. The van der Waals surface area contributed by atoms with Gasteiger partial charge in [0.1, 0.15) is 0 Å². The Balaban J connectivity index is 3.00. The summed E-state index contributed by atoms with van der Waals surface area (Å²) >= 11 is 0. The Morgan fingerprint density at radius 3 is 0.676 bits per heavy atom. The van der Waals surface area contributed by atoms with Crippen molar-refractivity contribution in [1.82, 2.24) is 5.32 Å². The van der Waals surface area contributed by atoms with Gasteiger partial charge < -0.3 is 62.9 Å². The van der Waals surface area contributed by atoms with Crippen LogP contribution in [-0.4, -0.2) is 169 Å². The molecule has 0 radical (unpaired) electrons. The van der Waals surface area contributed by atoms with Gasteiger partial charge in [-0.15, -0.1) is 0 Å². The van der Waals surface area contributed by atoms with Crippen LogP contribution in [0.4, 0.5) is 0 Å². The predicted octanol–water partition coefficient (Wildman–Crippen LogP) is -1.27. The van der Waals surface area contributed by atoms with Crippen molar-refractivity contribution >= 4 is 0 Å². The van der Waals surface area contributed by atoms with E-state index in [1.54, 1.807) is 0 Å². The predicted molar refractivity (Wildman–Crippen MR) is 135 cm³/mol. The van der Waals surface area contributed by atoms with Crippen molar-refractivity contribution in [1.29, 1.82) is 0 Å². The first-order chi connectivity index (χ1) is 18.4. The Labute approximate surface area is 221 Å². The molecule has 0 saturated heterocycles. The number of aliphatic hydroxyl groups is 2. The average Bonchev–Trinajstić information content (AvgIpc) is 2.91. The molecular weight excluding hydrogens is 494 g/mol. The van der Waals surface area contributed by atoms with Crippen LogP contribution < -0.4 is 5.32 Å². The Morgan fingerprint density at radius 2 is 0.459 bits per heavy atom. The van der Waals surface area contributed by atoms with Gasteiger partial charge in [-0.3, -0.25) is 0 Å². The van der Waals surface area contributed by atoms with Crippen LogP contribution in [0, 0.1) is 0 Å². The molecule has 0 bridgehead atoms. The van der Waals surface area contributed by atoms with Gasteiger partial charge in [-0.2, -0.15) is 0 Å². The lowest BCUT2D eigenvalue weighted by atomic mass is 10.6. The van der Waals surface area contributed by atoms with Crippen LogP contribution in [0.1, 0.15) is 0 Å². The Hall–Kier alpha value is -0.520. The maximum absolute atomic E-state index is 8.56. The smallest absolute Gasteiger partial charge is 0.0701 e. The van der Waals surface area contributed by atoms with Crippen LogP contribution in [0.2, 0.25) is 0 Å². The summed E-state index contributed by atoms with van der Waals surface area (Å²) in [5.41, 5.74) is 0. The number of ether oxygens (including phenoxy) is 10. The van der Waals surface area contributed by atoms with Gasteiger partial charge >= 0.3 is 0 Å². The van der Waals surface area contributed by atoms with Gasteiger partial charge in [-0.05, 0) is 0 Å². The highest BCUT2D eigenvalue weighted by molar-refractivity contribution is 4.45. The number of aliphatic hydroxyl groups excluding tert-OH is 2. The third kappa shape index (κ3) is 35.5. The highest BCUT2D eigenvalue weighted by Crippen LogP contribution is 1.85. The van der Waals surface area contributed by atoms with Gasteiger partial charge in [-0.1, -0.05) is 0 Å². The Morgan fingerprint density at radius 1 is 0.270 bits per heavy atom. The molecule has 0 heterocycles. The van der Waals surface area contributed by atoms with Crippen LogP contribution in [0.25, 0.3) is 0 Å². The van der Waals surface area contributed by atoms with E-state index in [4.69, 9.17) is 57.6 Å². The SMILES string of the molecule is OCCOCCOCCOCCNCCOCCOCCOCCOCCOCCOCCOCCO. The molecule has 0 rings (SSSR count). The molecule has 0 aliphatic rings. The lowest BCUT2D eigenvalue weighted by Gasteiger charge is -2.09. The topological polar surface area (TPSA) is 145 Å². The van der Waals surface area contributed by atoms with Gasteiger partial charge in [0.2, 0.25) is 0 Å². The quantitative estimate of drug-likeness (QED) is 0.0827. The summed E-state index contributed by atoms with van der Waals surface area (Å²) in [4.78, 5) is 0. The molecule has 13 nitrogen and oxygen atoms in total. The van der Waals surface area contributed by atoms with Gasteiger partial charge in [0, 0.05) is 13.1 Å². The zero-order valence-corrected chi connectivity index (χ0v) is 22.4. The van der Waals surface area contributed by atoms with Crippen LogP contribution in [0.15, 0.2) is 0 Å². The van der Waals surface area contributed by atoms with Crippen molar-refractivity contribution in [2.45, 2.75) is 0 Å². The summed E-state index contributed by atoms with van der Waals surface area (Å²) in [6, 6.07) is 0. The molecular formula is C24H51NO12. The number of hydrogen-bond acceptors (Lipinski definition) is 13. The minimum Gasteiger partial charge on any atom is -0.394 e. The summed E-state index contributed by atoms with van der Waals surface area (Å²) in [5.74, 6) is 0. The average molecular weight is 546 g/mol. The van der Waals surface area contributed by atoms with E-state index in [9.17, 15) is 0 Å². The van der Waals surface area contributed by atoms with Crippen LogP contribution in [0.5, 0.6) is 0 Å². The normalized spacial score (nSPS) is 11.5. The van der Waals surface area contributed by atoms with Crippen LogP contribution in [0.3, 0.4) is 0 Å². The standard InChI is InChI=1S/C24H51NO12/c26-3-7-30-11-15-32-13-9-28-5-1-25-2-6-29-10-14-33-17-19-35-21-23-37-24-22-36-20-18-34-16-12-31-8-4-27/h25-27H,1-24H2. The zero-order valence-electron chi connectivity index (χ0n) is 22.4. The van der Waals surface area contributed by atoms with Crippen molar-refractivity contribution in [2.24, 2.45) is 0 Å². The molecule has 0 atom stereocenters. The third-order valence-corrected chi connectivity index (χ3v) is 4.29. The van der Waals surface area contributed by atoms with E-state index in [0.717, 1.165) is 13.1 Å². The lowest BCUT2D eigenvalue weighted by molar-refractivity contribution is -0.0214. The summed E-state index contributed by atoms with van der Waals surface area (Å²) < 4.78 is 53.5. The Bertz CT molecular complexity index is 365. The van der Waals surface area contributed by atoms with Crippen molar-refractivity contribution in [3.63, 3.8) is 0 Å². The summed E-state index contributed by atoms with van der Waals surface area (Å²) in [6.45, 7) is 11.7. The number of rotatable bonds is 34. The molecule has 0 unspecified atom stereocenters. The molecule has 0 aromatic rings. The molecule has 0 aliphatic carbocycles. The fourth-order valence-electron chi connectivity index (χ4n) is 2.51. The first kappa shape index (κ1) is 36.5. The van der Waals surface area contributed by atoms with E-state index in [1.165, 1.54) is 0 Å². The second-order valence-corrected chi connectivity index (χ2v) is 7.32. The fourth-order valence-corrected chi connectivity index (χ4v) is 2.51. The fraction of sp³-hybridized carbons (Fsp3) is 1.00. The van der Waals surface area contributed by atoms with Crippen LogP contribution in [-0.2, 0) is 47.4 Å². The zero-order chi connectivity index (χ0) is 26.7. The second-order valence-electron chi connectivity index (χ2n) is 7.32. The summed E-state index contributed by atoms with van der Waals surface area (Å²) in [5, 5.41) is 20.4. The third-order valence-electron chi connectivity index (χ3n) is 4.29. The summed E-state index contributed by atoms with van der Waals surface area (Å²) in [6.07, 6.45) is 0. The van der Waals surface area contributed by atoms with Gasteiger partial charge in [0.15, 0.2) is 0 Å². The van der Waals surface area contributed by atoms with Crippen molar-refractivity contribution in [3.8, 4) is 0 Å². The number of nitrogens with one attached hydrogen (secondary N) is 1. The molecule has 0 spiro atoms.